The van der Waals surface area contributed by atoms with Gasteiger partial charge in [0.25, 0.3) is 5.78 Å². The molecule has 7 nitrogen and oxygen atoms in total. The van der Waals surface area contributed by atoms with Crippen LogP contribution in [0.15, 0.2) is 22.8 Å². The molecule has 3 heterocycles. The zero-order valence-corrected chi connectivity index (χ0v) is 9.54. The van der Waals surface area contributed by atoms with Crippen LogP contribution in [0.4, 0.5) is 0 Å². The number of H-pyrrole nitrogens is 1. The van der Waals surface area contributed by atoms with Crippen molar-refractivity contribution >= 4 is 11.7 Å². The first-order valence-corrected chi connectivity index (χ1v) is 5.35. The second-order valence-corrected chi connectivity index (χ2v) is 3.90. The Labute approximate surface area is 101 Å². The first kappa shape index (κ1) is 10.6. The second-order valence-electron chi connectivity index (χ2n) is 3.90. The summed E-state index contributed by atoms with van der Waals surface area (Å²) < 4.78 is 6.79. The summed E-state index contributed by atoms with van der Waals surface area (Å²) in [5.41, 5.74) is 1.24. The smallest absolute Gasteiger partial charge is 0.309 e. The Morgan fingerprint density at radius 3 is 3.06 bits per heavy atom. The predicted octanol–water partition coefficient (Wildman–Crippen LogP) is 1.25. The third-order valence-electron chi connectivity index (χ3n) is 2.66. The van der Waals surface area contributed by atoms with Gasteiger partial charge in [-0.3, -0.25) is 9.89 Å². The normalized spacial score (nSPS) is 11.2. The van der Waals surface area contributed by atoms with E-state index in [-0.39, 0.29) is 6.42 Å². The van der Waals surface area contributed by atoms with Crippen molar-refractivity contribution in [2.75, 3.05) is 0 Å². The lowest BCUT2D eigenvalue weighted by molar-refractivity contribution is -0.136. The molecule has 0 unspecified atom stereocenters. The molecule has 0 aliphatic heterocycles. The number of hydrogen-bond donors (Lipinski definition) is 2. The summed E-state index contributed by atoms with van der Waals surface area (Å²) >= 11 is 0. The number of aromatic amines is 1. The van der Waals surface area contributed by atoms with Crippen molar-refractivity contribution in [3.8, 4) is 11.6 Å². The maximum absolute atomic E-state index is 10.8. The first-order chi connectivity index (χ1) is 8.65. The first-order valence-electron chi connectivity index (χ1n) is 5.35. The number of aliphatic carboxylic acids is 1. The number of aromatic nitrogens is 4. The van der Waals surface area contributed by atoms with Crippen molar-refractivity contribution in [2.24, 2.45) is 0 Å². The quantitative estimate of drug-likeness (QED) is 0.725. The monoisotopic (exact) mass is 246 g/mol. The molecule has 0 amide bonds. The molecule has 0 aliphatic carbocycles. The molecule has 0 saturated carbocycles. The molecule has 3 aromatic heterocycles. The van der Waals surface area contributed by atoms with Crippen molar-refractivity contribution < 1.29 is 14.3 Å². The molecule has 0 bridgehead atoms. The van der Waals surface area contributed by atoms with Gasteiger partial charge < -0.3 is 9.52 Å². The highest BCUT2D eigenvalue weighted by atomic mass is 16.4. The van der Waals surface area contributed by atoms with Crippen LogP contribution in [0.1, 0.15) is 11.4 Å². The van der Waals surface area contributed by atoms with Gasteiger partial charge in [-0.05, 0) is 19.1 Å². The molecule has 0 spiro atoms. The number of rotatable bonds is 3. The minimum atomic E-state index is -0.908. The molecule has 0 aliphatic rings. The van der Waals surface area contributed by atoms with Crippen molar-refractivity contribution in [1.82, 2.24) is 19.6 Å². The zero-order valence-electron chi connectivity index (χ0n) is 9.54. The van der Waals surface area contributed by atoms with E-state index in [9.17, 15) is 4.79 Å². The Kier molecular flexibility index (Phi) is 2.19. The molecule has 2 N–H and O–H groups in total. The van der Waals surface area contributed by atoms with Crippen LogP contribution in [0.3, 0.4) is 0 Å². The molecule has 18 heavy (non-hydrogen) atoms. The fourth-order valence-corrected chi connectivity index (χ4v) is 1.84. The van der Waals surface area contributed by atoms with Gasteiger partial charge >= 0.3 is 5.97 Å². The van der Waals surface area contributed by atoms with Gasteiger partial charge in [-0.2, -0.15) is 4.98 Å². The van der Waals surface area contributed by atoms with Crippen LogP contribution in [0, 0.1) is 6.92 Å². The molecule has 0 radical (unpaired) electrons. The van der Waals surface area contributed by atoms with Crippen molar-refractivity contribution in [1.29, 1.82) is 0 Å². The lowest BCUT2D eigenvalue weighted by atomic mass is 10.3. The SMILES string of the molecule is Cc1nc2nc(-c3ccco3)[nH]n2c1CC(=O)O. The number of carbonyl (C=O) groups is 1. The van der Waals surface area contributed by atoms with Crippen LogP contribution >= 0.6 is 0 Å². The predicted molar refractivity (Wildman–Crippen MR) is 61.1 cm³/mol. The molecular weight excluding hydrogens is 236 g/mol. The summed E-state index contributed by atoms with van der Waals surface area (Å²) in [7, 11) is 0. The summed E-state index contributed by atoms with van der Waals surface area (Å²) in [5, 5.41) is 11.8. The van der Waals surface area contributed by atoms with Gasteiger partial charge in [-0.25, -0.2) is 9.50 Å². The average molecular weight is 246 g/mol. The number of furan rings is 1. The van der Waals surface area contributed by atoms with E-state index in [0.29, 0.717) is 28.8 Å². The van der Waals surface area contributed by atoms with Crippen LogP contribution in [0.5, 0.6) is 0 Å². The Morgan fingerprint density at radius 1 is 1.56 bits per heavy atom. The van der Waals surface area contributed by atoms with E-state index >= 15 is 0 Å². The van der Waals surface area contributed by atoms with Gasteiger partial charge in [0.2, 0.25) is 0 Å². The maximum Gasteiger partial charge on any atom is 0.309 e. The van der Waals surface area contributed by atoms with E-state index in [1.165, 1.54) is 0 Å². The number of fused-ring (bicyclic) bond motifs is 1. The van der Waals surface area contributed by atoms with E-state index in [2.05, 4.69) is 15.1 Å². The molecule has 0 atom stereocenters. The summed E-state index contributed by atoms with van der Waals surface area (Å²) in [6.07, 6.45) is 1.44. The summed E-state index contributed by atoms with van der Waals surface area (Å²) in [6.45, 7) is 1.76. The number of aryl methyl sites for hydroxylation is 1. The van der Waals surface area contributed by atoms with Crippen LogP contribution < -0.4 is 0 Å². The lowest BCUT2D eigenvalue weighted by Crippen LogP contribution is -2.05. The molecule has 0 saturated heterocycles. The van der Waals surface area contributed by atoms with E-state index in [4.69, 9.17) is 9.52 Å². The molecular formula is C11H10N4O3. The number of hydrogen-bond acceptors (Lipinski definition) is 4. The van der Waals surface area contributed by atoms with Crippen molar-refractivity contribution in [2.45, 2.75) is 13.3 Å². The van der Waals surface area contributed by atoms with Crippen molar-refractivity contribution in [3.05, 3.63) is 29.8 Å². The highest BCUT2D eigenvalue weighted by molar-refractivity contribution is 5.70. The fraction of sp³-hybridized carbons (Fsp3) is 0.182. The average Bonchev–Trinajstić information content (AvgIpc) is 2.96. The maximum atomic E-state index is 10.8. The molecule has 0 fully saturated rings. The van der Waals surface area contributed by atoms with Gasteiger partial charge in [-0.1, -0.05) is 0 Å². The number of carboxylic acid groups (broad SMARTS) is 1. The van der Waals surface area contributed by atoms with Gasteiger partial charge in [0, 0.05) is 0 Å². The molecule has 3 aromatic rings. The minimum absolute atomic E-state index is 0.104. The molecule has 0 aromatic carbocycles. The van der Waals surface area contributed by atoms with Gasteiger partial charge in [-0.15, -0.1) is 0 Å². The van der Waals surface area contributed by atoms with Crippen LogP contribution in [-0.2, 0) is 11.2 Å². The van der Waals surface area contributed by atoms with Gasteiger partial charge in [0.05, 0.1) is 24.1 Å². The number of imidazole rings is 1. The van der Waals surface area contributed by atoms with E-state index in [0.717, 1.165) is 0 Å². The third kappa shape index (κ3) is 1.56. The molecule has 92 valence electrons. The van der Waals surface area contributed by atoms with Gasteiger partial charge in [0.15, 0.2) is 11.6 Å². The third-order valence-corrected chi connectivity index (χ3v) is 2.66. The Balaban J connectivity index is 2.13. The highest BCUT2D eigenvalue weighted by Gasteiger charge is 2.16. The Hall–Kier alpha value is -2.57. The Bertz CT molecular complexity index is 708. The summed E-state index contributed by atoms with van der Waals surface area (Å²) in [4.78, 5) is 19.3. The molecule has 3 rings (SSSR count). The van der Waals surface area contributed by atoms with E-state index < -0.39 is 5.97 Å². The lowest BCUT2D eigenvalue weighted by Gasteiger charge is -1.96. The highest BCUT2D eigenvalue weighted by Crippen LogP contribution is 2.18. The minimum Gasteiger partial charge on any atom is -0.481 e. The van der Waals surface area contributed by atoms with Crippen LogP contribution in [0.2, 0.25) is 0 Å². The fourth-order valence-electron chi connectivity index (χ4n) is 1.84. The molecule has 7 heteroatoms. The number of nitrogens with zero attached hydrogens (tertiary/aromatic N) is 3. The zero-order chi connectivity index (χ0) is 12.7. The van der Waals surface area contributed by atoms with Crippen molar-refractivity contribution in [3.63, 3.8) is 0 Å². The van der Waals surface area contributed by atoms with E-state index in [1.807, 2.05) is 0 Å². The number of carboxylic acids is 1. The second kappa shape index (κ2) is 3.73. The summed E-state index contributed by atoms with van der Waals surface area (Å²) in [6, 6.07) is 3.52. The van der Waals surface area contributed by atoms with E-state index in [1.54, 1.807) is 29.8 Å². The summed E-state index contributed by atoms with van der Waals surface area (Å²) in [5.74, 6) is 0.637. The van der Waals surface area contributed by atoms with Crippen LogP contribution in [0.25, 0.3) is 17.4 Å². The topological polar surface area (TPSA) is 96.4 Å². The Morgan fingerprint density at radius 2 is 2.39 bits per heavy atom. The van der Waals surface area contributed by atoms with Gasteiger partial charge in [0.1, 0.15) is 0 Å². The number of nitrogens with one attached hydrogen (secondary N) is 1. The largest absolute Gasteiger partial charge is 0.481 e. The van der Waals surface area contributed by atoms with Crippen LogP contribution in [-0.4, -0.2) is 30.7 Å². The standard InChI is InChI=1S/C11H10N4O3/c1-6-7(5-9(16)17)15-11(12-6)13-10(14-15)8-3-2-4-18-8/h2-4H,5H2,1H3,(H,16,17)(H,12,13,14).